The lowest BCUT2D eigenvalue weighted by atomic mass is 10.2. The normalized spacial score (nSPS) is 15.9. The summed E-state index contributed by atoms with van der Waals surface area (Å²) in [6.45, 7) is 2.22. The van der Waals surface area contributed by atoms with Crippen LogP contribution in [-0.2, 0) is 24.1 Å². The Balaban J connectivity index is 1.50. The van der Waals surface area contributed by atoms with Gasteiger partial charge in [-0.25, -0.2) is 0 Å². The van der Waals surface area contributed by atoms with Gasteiger partial charge in [-0.3, -0.25) is 14.3 Å². The zero-order valence-electron chi connectivity index (χ0n) is 18.8. The van der Waals surface area contributed by atoms with E-state index in [0.29, 0.717) is 37.0 Å². The molecule has 8 nitrogen and oxygen atoms in total. The zero-order chi connectivity index (χ0) is 25.2. The molecule has 4 rings (SSSR count). The monoisotopic (exact) mass is 530 g/mol. The van der Waals surface area contributed by atoms with Gasteiger partial charge in [0.1, 0.15) is 12.0 Å². The standard InChI is InChI=1S/C22H23Cl2F3N6O2/c1-35-19-11-15(3-4-17(19)23)30-7-9-31(10-8-30)16(14-34)12-33-18(13-32-6-2-5-28-32)20(24)21(29-33)22(25,26)27/h2-6,11,14,16H,7-10,12-13H2,1H3. The molecule has 188 valence electrons. The maximum atomic E-state index is 13.5. The smallest absolute Gasteiger partial charge is 0.436 e. The number of carbonyl (C=O) groups is 1. The maximum absolute atomic E-state index is 13.5. The summed E-state index contributed by atoms with van der Waals surface area (Å²) in [5.41, 5.74) is -0.0994. The van der Waals surface area contributed by atoms with E-state index in [1.807, 2.05) is 17.0 Å². The van der Waals surface area contributed by atoms with Crippen LogP contribution in [0.25, 0.3) is 0 Å². The van der Waals surface area contributed by atoms with Gasteiger partial charge in [-0.2, -0.15) is 23.4 Å². The van der Waals surface area contributed by atoms with E-state index >= 15 is 0 Å². The average Bonchev–Trinajstić information content (AvgIpc) is 3.46. The van der Waals surface area contributed by atoms with E-state index in [-0.39, 0.29) is 18.8 Å². The van der Waals surface area contributed by atoms with E-state index in [0.717, 1.165) is 12.0 Å². The SMILES string of the molecule is COc1cc(N2CCN(C(C=O)Cn3nc(C(F)(F)F)c(Cl)c3Cn3cccn3)CC2)ccc1Cl. The fourth-order valence-corrected chi connectivity index (χ4v) is 4.58. The second-order valence-corrected chi connectivity index (χ2v) is 8.82. The van der Waals surface area contributed by atoms with Gasteiger partial charge in [0.25, 0.3) is 0 Å². The number of aromatic nitrogens is 4. The molecule has 0 radical (unpaired) electrons. The van der Waals surface area contributed by atoms with Crippen LogP contribution >= 0.6 is 23.2 Å². The number of carbonyl (C=O) groups excluding carboxylic acids is 1. The Morgan fingerprint density at radius 3 is 2.54 bits per heavy atom. The molecular weight excluding hydrogens is 508 g/mol. The Bertz CT molecular complexity index is 1160. The molecule has 2 aromatic heterocycles. The molecule has 0 spiro atoms. The highest BCUT2D eigenvalue weighted by Crippen LogP contribution is 2.36. The van der Waals surface area contributed by atoms with E-state index in [2.05, 4.69) is 15.1 Å². The van der Waals surface area contributed by atoms with Gasteiger partial charge in [-0.15, -0.1) is 0 Å². The third-order valence-corrected chi connectivity index (χ3v) is 6.64. The Morgan fingerprint density at radius 1 is 1.20 bits per heavy atom. The maximum Gasteiger partial charge on any atom is 0.436 e. The van der Waals surface area contributed by atoms with Crippen LogP contribution in [0.2, 0.25) is 10.0 Å². The summed E-state index contributed by atoms with van der Waals surface area (Å²) in [5.74, 6) is 0.568. The lowest BCUT2D eigenvalue weighted by Gasteiger charge is -2.38. The number of benzene rings is 1. The van der Waals surface area contributed by atoms with Crippen molar-refractivity contribution in [2.75, 3.05) is 38.2 Å². The van der Waals surface area contributed by atoms with Crippen molar-refractivity contribution in [2.24, 2.45) is 0 Å². The van der Waals surface area contributed by atoms with Crippen LogP contribution in [0.5, 0.6) is 5.75 Å². The first-order chi connectivity index (χ1) is 16.7. The van der Waals surface area contributed by atoms with Crippen LogP contribution in [-0.4, -0.2) is 70.1 Å². The third-order valence-electron chi connectivity index (χ3n) is 5.93. The van der Waals surface area contributed by atoms with Crippen molar-refractivity contribution in [3.05, 3.63) is 58.1 Å². The molecule has 3 aromatic rings. The first kappa shape index (κ1) is 25.3. The van der Waals surface area contributed by atoms with Crippen molar-refractivity contribution in [1.29, 1.82) is 0 Å². The number of halogens is 5. The number of hydrogen-bond acceptors (Lipinski definition) is 6. The average molecular weight is 531 g/mol. The summed E-state index contributed by atoms with van der Waals surface area (Å²) in [7, 11) is 1.55. The molecule has 1 fully saturated rings. The van der Waals surface area contributed by atoms with Gasteiger partial charge < -0.3 is 14.4 Å². The van der Waals surface area contributed by atoms with E-state index < -0.39 is 22.9 Å². The fourth-order valence-electron chi connectivity index (χ4n) is 4.08. The summed E-state index contributed by atoms with van der Waals surface area (Å²) < 4.78 is 48.4. The second kappa shape index (κ2) is 10.5. The quantitative estimate of drug-likeness (QED) is 0.412. The van der Waals surface area contributed by atoms with Crippen LogP contribution in [0, 0.1) is 0 Å². The number of nitrogens with zero attached hydrogens (tertiary/aromatic N) is 6. The highest BCUT2D eigenvalue weighted by atomic mass is 35.5. The number of rotatable bonds is 8. The molecule has 0 N–H and O–H groups in total. The molecule has 1 aromatic carbocycles. The Kier molecular flexibility index (Phi) is 7.58. The number of aldehydes is 1. The van der Waals surface area contributed by atoms with Crippen molar-refractivity contribution in [1.82, 2.24) is 24.5 Å². The molecular formula is C22H23Cl2F3N6O2. The van der Waals surface area contributed by atoms with Gasteiger partial charge in [-0.1, -0.05) is 23.2 Å². The van der Waals surface area contributed by atoms with Gasteiger partial charge in [0.15, 0.2) is 5.69 Å². The molecule has 0 saturated carbocycles. The number of anilines is 1. The molecule has 0 bridgehead atoms. The predicted octanol–water partition coefficient (Wildman–Crippen LogP) is 3.85. The van der Waals surface area contributed by atoms with Crippen LogP contribution < -0.4 is 9.64 Å². The van der Waals surface area contributed by atoms with E-state index in [1.165, 1.54) is 15.6 Å². The Labute approximate surface area is 209 Å². The van der Waals surface area contributed by atoms with Crippen molar-refractivity contribution < 1.29 is 22.7 Å². The van der Waals surface area contributed by atoms with Crippen molar-refractivity contribution in [3.63, 3.8) is 0 Å². The highest BCUT2D eigenvalue weighted by Gasteiger charge is 2.39. The molecule has 1 unspecified atom stereocenters. The van der Waals surface area contributed by atoms with E-state index in [1.54, 1.807) is 25.4 Å². The summed E-state index contributed by atoms with van der Waals surface area (Å²) in [5, 5.41) is 7.80. The first-order valence-corrected chi connectivity index (χ1v) is 11.5. The predicted molar refractivity (Wildman–Crippen MR) is 125 cm³/mol. The zero-order valence-corrected chi connectivity index (χ0v) is 20.3. The van der Waals surface area contributed by atoms with Crippen molar-refractivity contribution in [2.45, 2.75) is 25.3 Å². The van der Waals surface area contributed by atoms with Gasteiger partial charge in [0.2, 0.25) is 0 Å². The van der Waals surface area contributed by atoms with Crippen molar-refractivity contribution >= 4 is 35.2 Å². The Hall–Kier alpha value is -2.76. The van der Waals surface area contributed by atoms with Crippen LogP contribution in [0.3, 0.4) is 0 Å². The molecule has 0 amide bonds. The van der Waals surface area contributed by atoms with Gasteiger partial charge in [0, 0.05) is 50.3 Å². The third kappa shape index (κ3) is 5.57. The number of alkyl halides is 3. The second-order valence-electron chi connectivity index (χ2n) is 8.04. The molecule has 1 aliphatic heterocycles. The largest absolute Gasteiger partial charge is 0.495 e. The molecule has 1 saturated heterocycles. The molecule has 0 aliphatic carbocycles. The highest BCUT2D eigenvalue weighted by molar-refractivity contribution is 6.32. The van der Waals surface area contributed by atoms with Crippen LogP contribution in [0.1, 0.15) is 11.4 Å². The minimum atomic E-state index is -4.72. The summed E-state index contributed by atoms with van der Waals surface area (Å²) in [6, 6.07) is 6.48. The molecule has 35 heavy (non-hydrogen) atoms. The summed E-state index contributed by atoms with van der Waals surface area (Å²) >= 11 is 12.2. The lowest BCUT2D eigenvalue weighted by Crippen LogP contribution is -2.52. The minimum absolute atomic E-state index is 0.00727. The minimum Gasteiger partial charge on any atom is -0.495 e. The van der Waals surface area contributed by atoms with E-state index in [4.69, 9.17) is 27.9 Å². The summed E-state index contributed by atoms with van der Waals surface area (Å²) in [6.07, 6.45) is -0.850. The summed E-state index contributed by atoms with van der Waals surface area (Å²) in [4.78, 5) is 16.1. The van der Waals surface area contributed by atoms with Gasteiger partial charge >= 0.3 is 6.18 Å². The lowest BCUT2D eigenvalue weighted by molar-refractivity contribution is -0.141. The molecule has 13 heteroatoms. The fraction of sp³-hybridized carbons (Fsp3) is 0.409. The molecule has 1 atom stereocenters. The number of hydrogen-bond donors (Lipinski definition) is 0. The van der Waals surface area contributed by atoms with Gasteiger partial charge in [0.05, 0.1) is 42.0 Å². The number of piperazine rings is 1. The van der Waals surface area contributed by atoms with Crippen molar-refractivity contribution in [3.8, 4) is 5.75 Å². The van der Waals surface area contributed by atoms with E-state index in [9.17, 15) is 18.0 Å². The number of ether oxygens (including phenoxy) is 1. The van der Waals surface area contributed by atoms with Gasteiger partial charge in [-0.05, 0) is 18.2 Å². The number of methoxy groups -OCH3 is 1. The molecule has 1 aliphatic rings. The van der Waals surface area contributed by atoms with Crippen LogP contribution in [0.4, 0.5) is 18.9 Å². The Morgan fingerprint density at radius 2 is 1.94 bits per heavy atom. The molecule has 3 heterocycles. The van der Waals surface area contributed by atoms with Crippen LogP contribution in [0.15, 0.2) is 36.7 Å². The first-order valence-electron chi connectivity index (χ1n) is 10.8. The topological polar surface area (TPSA) is 68.4 Å².